The van der Waals surface area contributed by atoms with Crippen molar-refractivity contribution in [3.05, 3.63) is 35.9 Å². The van der Waals surface area contributed by atoms with Gasteiger partial charge in [0.15, 0.2) is 0 Å². The average molecular weight is 1010 g/mol. The molecule has 1 rings (SSSR count). The summed E-state index contributed by atoms with van der Waals surface area (Å²) in [4.78, 5) is 143. The Balaban J connectivity index is 3.33. The van der Waals surface area contributed by atoms with Gasteiger partial charge in [-0.2, -0.15) is 0 Å². The maximum Gasteiger partial charge on any atom is 0.305 e. The molecule has 0 aliphatic heterocycles. The minimum absolute atomic E-state index is 0.00496. The first-order valence-electron chi connectivity index (χ1n) is 23.6. The summed E-state index contributed by atoms with van der Waals surface area (Å²) in [6, 6.07) is -2.38. The molecule has 0 radical (unpaired) electrons. The van der Waals surface area contributed by atoms with E-state index in [0.29, 0.717) is 24.8 Å². The quantitative estimate of drug-likeness (QED) is 0.0294. The zero-order valence-electron chi connectivity index (χ0n) is 41.4. The van der Waals surface area contributed by atoms with Gasteiger partial charge in [-0.3, -0.25) is 52.7 Å². The number of rotatable bonds is 34. The highest BCUT2D eigenvalue weighted by Crippen LogP contribution is 2.13. The molecule has 0 spiro atoms. The van der Waals surface area contributed by atoms with E-state index in [2.05, 4.69) is 42.5 Å². The third-order valence-corrected chi connectivity index (χ3v) is 11.0. The summed E-state index contributed by atoms with van der Waals surface area (Å²) in [5.41, 5.74) is 22.4. The standard InChI is InChI=1S/C46H76N12O13/c1-7-26(6)38(46(71)57-34(23-59)39(50)64)58-45(70)32(19-27-13-9-8-10-14-27)56-42(67)30(17-24(2)3)52-36(61)22-51-41(66)29(15-11-12-16-47)53-43(68)31(18-25(4)5)55-44(69)33(21-37(62)63)54-40(65)28(48)20-35(49)60/h8-10,13-14,24-26,28-34,38,59H,7,11-12,15-23,47-48H2,1-6H3,(H2,49,60)(H2,50,64)(H,51,66)(H,52,61)(H,53,68)(H,54,65)(H,55,69)(H,56,67)(H,57,71)(H,58,70)(H,62,63)/t26-,28-,29-,30-,31-,32-,33-,34-,38-/m0/s1. The molecule has 25 nitrogen and oxygen atoms in total. The lowest BCUT2D eigenvalue weighted by molar-refractivity contribution is -0.141. The van der Waals surface area contributed by atoms with Crippen molar-refractivity contribution in [2.45, 2.75) is 148 Å². The number of aliphatic carboxylic acids is 1. The number of unbranched alkanes of at least 4 members (excludes halogenated alkanes) is 1. The molecule has 0 aliphatic carbocycles. The van der Waals surface area contributed by atoms with Crippen molar-refractivity contribution in [2.75, 3.05) is 19.7 Å². The van der Waals surface area contributed by atoms with Crippen molar-refractivity contribution in [1.82, 2.24) is 42.5 Å². The Labute approximate surface area is 413 Å². The fourth-order valence-electron chi connectivity index (χ4n) is 6.98. The van der Waals surface area contributed by atoms with Gasteiger partial charge in [0.25, 0.3) is 0 Å². The van der Waals surface area contributed by atoms with E-state index in [1.165, 1.54) is 0 Å². The van der Waals surface area contributed by atoms with Gasteiger partial charge < -0.3 is 75.7 Å². The van der Waals surface area contributed by atoms with Crippen LogP contribution in [-0.2, 0) is 59.2 Å². The van der Waals surface area contributed by atoms with Gasteiger partial charge in [0.2, 0.25) is 59.1 Å². The molecule has 1 aromatic carbocycles. The lowest BCUT2D eigenvalue weighted by Gasteiger charge is -2.29. The third-order valence-electron chi connectivity index (χ3n) is 11.0. The fraction of sp³-hybridized carbons (Fsp3) is 0.630. The van der Waals surface area contributed by atoms with E-state index in [1.54, 1.807) is 71.9 Å². The predicted molar refractivity (Wildman–Crippen MR) is 258 cm³/mol. The maximum absolute atomic E-state index is 14.0. The Morgan fingerprint density at radius 1 is 0.592 bits per heavy atom. The van der Waals surface area contributed by atoms with Crippen LogP contribution in [0.1, 0.15) is 98.5 Å². The minimum atomic E-state index is -1.73. The van der Waals surface area contributed by atoms with Gasteiger partial charge in [-0.25, -0.2) is 0 Å². The molecule has 71 heavy (non-hydrogen) atoms. The molecule has 0 saturated heterocycles. The summed E-state index contributed by atoms with van der Waals surface area (Å²) in [6.45, 7) is 9.29. The van der Waals surface area contributed by atoms with Crippen LogP contribution in [0, 0.1) is 17.8 Å². The van der Waals surface area contributed by atoms with Crippen molar-refractivity contribution in [3.63, 3.8) is 0 Å². The first-order valence-corrected chi connectivity index (χ1v) is 23.6. The second-order valence-corrected chi connectivity index (χ2v) is 18.2. The van der Waals surface area contributed by atoms with Gasteiger partial charge >= 0.3 is 5.97 Å². The Morgan fingerprint density at radius 3 is 1.61 bits per heavy atom. The van der Waals surface area contributed by atoms with Gasteiger partial charge in [0.05, 0.1) is 32.0 Å². The molecule has 0 aromatic heterocycles. The van der Waals surface area contributed by atoms with Crippen LogP contribution in [0.15, 0.2) is 30.3 Å². The number of amides is 10. The van der Waals surface area contributed by atoms with Crippen LogP contribution in [0.25, 0.3) is 0 Å². The summed E-state index contributed by atoms with van der Waals surface area (Å²) < 4.78 is 0. The Morgan fingerprint density at radius 2 is 1.10 bits per heavy atom. The molecule has 9 atom stereocenters. The van der Waals surface area contributed by atoms with Gasteiger partial charge in [-0.1, -0.05) is 78.3 Å². The SMILES string of the molecule is CC[C@H](C)[C@H](NC(=O)[C@H](Cc1ccccc1)NC(=O)[C@H](CC(C)C)NC(=O)CNC(=O)[C@H](CCCCN)NC(=O)[C@H](CC(C)C)NC(=O)[C@H](CC(=O)O)NC(=O)[C@@H](N)CC(N)=O)C(=O)N[C@@H](CO)C(N)=O. The second kappa shape index (κ2) is 32.2. The molecule has 25 heteroatoms. The number of primary amides is 2. The minimum Gasteiger partial charge on any atom is -0.481 e. The molecule has 0 bridgehead atoms. The van der Waals surface area contributed by atoms with E-state index in [-0.39, 0.29) is 44.1 Å². The number of hydrogen-bond acceptors (Lipinski definition) is 14. The van der Waals surface area contributed by atoms with Crippen LogP contribution >= 0.6 is 0 Å². The normalized spacial score (nSPS) is 14.9. The van der Waals surface area contributed by atoms with Crippen LogP contribution in [0.4, 0.5) is 0 Å². The highest BCUT2D eigenvalue weighted by molar-refractivity contribution is 5.98. The molecule has 0 heterocycles. The Kier molecular flexibility index (Phi) is 28.3. The number of carbonyl (C=O) groups is 11. The Hall–Kier alpha value is -6.73. The van der Waals surface area contributed by atoms with Crippen LogP contribution in [0.2, 0.25) is 0 Å². The summed E-state index contributed by atoms with van der Waals surface area (Å²) in [5, 5.41) is 39.0. The van der Waals surface area contributed by atoms with Crippen LogP contribution in [0.3, 0.4) is 0 Å². The van der Waals surface area contributed by atoms with Crippen molar-refractivity contribution < 1.29 is 63.0 Å². The molecule has 10 amide bonds. The van der Waals surface area contributed by atoms with Crippen molar-refractivity contribution in [3.8, 4) is 0 Å². The summed E-state index contributed by atoms with van der Waals surface area (Å²) in [6.07, 6.45) is -0.255. The van der Waals surface area contributed by atoms with Gasteiger partial charge in [0, 0.05) is 6.42 Å². The van der Waals surface area contributed by atoms with Crippen molar-refractivity contribution in [1.29, 1.82) is 0 Å². The zero-order chi connectivity index (χ0) is 54.0. The van der Waals surface area contributed by atoms with Crippen LogP contribution in [-0.4, -0.2) is 143 Å². The Bertz CT molecular complexity index is 1970. The predicted octanol–water partition coefficient (Wildman–Crippen LogP) is -3.84. The molecule has 0 fully saturated rings. The first-order chi connectivity index (χ1) is 33.3. The highest BCUT2D eigenvalue weighted by atomic mass is 16.4. The van der Waals surface area contributed by atoms with Crippen molar-refractivity contribution in [2.24, 2.45) is 40.7 Å². The molecule has 0 aliphatic rings. The number of benzene rings is 1. The number of carbonyl (C=O) groups excluding carboxylic acids is 10. The highest BCUT2D eigenvalue weighted by Gasteiger charge is 2.35. The smallest absolute Gasteiger partial charge is 0.305 e. The molecule has 398 valence electrons. The number of nitrogens with one attached hydrogen (secondary N) is 8. The molecule has 18 N–H and O–H groups in total. The topological polar surface area (TPSA) is 429 Å². The molecule has 0 saturated carbocycles. The largest absolute Gasteiger partial charge is 0.481 e. The number of hydrogen-bond donors (Lipinski definition) is 14. The summed E-state index contributed by atoms with van der Waals surface area (Å²) in [5.74, 6) is -11.2. The fourth-order valence-corrected chi connectivity index (χ4v) is 6.98. The van der Waals surface area contributed by atoms with Gasteiger partial charge in [-0.05, 0) is 62.0 Å². The van der Waals surface area contributed by atoms with E-state index < -0.39 is 145 Å². The number of carboxylic acid groups (broad SMARTS) is 1. The monoisotopic (exact) mass is 1000 g/mol. The number of aliphatic hydroxyl groups excluding tert-OH is 1. The third kappa shape index (κ3) is 24.1. The lowest BCUT2D eigenvalue weighted by Crippen LogP contribution is -2.60. The molecule has 0 unspecified atom stereocenters. The summed E-state index contributed by atoms with van der Waals surface area (Å²) in [7, 11) is 0. The van der Waals surface area contributed by atoms with Crippen LogP contribution in [0.5, 0.6) is 0 Å². The van der Waals surface area contributed by atoms with E-state index >= 15 is 0 Å². The van der Waals surface area contributed by atoms with E-state index in [0.717, 1.165) is 0 Å². The summed E-state index contributed by atoms with van der Waals surface area (Å²) >= 11 is 0. The molecular formula is C46H76N12O13. The van der Waals surface area contributed by atoms with Gasteiger partial charge in [0.1, 0.15) is 42.3 Å². The van der Waals surface area contributed by atoms with Gasteiger partial charge in [-0.15, -0.1) is 0 Å². The number of carboxylic acids is 1. The average Bonchev–Trinajstić information content (AvgIpc) is 3.29. The van der Waals surface area contributed by atoms with E-state index in [4.69, 9.17) is 22.9 Å². The van der Waals surface area contributed by atoms with E-state index in [9.17, 15) is 63.0 Å². The van der Waals surface area contributed by atoms with E-state index in [1.807, 2.05) is 0 Å². The first kappa shape index (κ1) is 62.3. The number of aliphatic hydroxyl groups is 1. The number of nitrogens with two attached hydrogens (primary N) is 4. The van der Waals surface area contributed by atoms with Crippen molar-refractivity contribution >= 4 is 65.0 Å². The molecular weight excluding hydrogens is 929 g/mol. The zero-order valence-corrected chi connectivity index (χ0v) is 41.4. The molecule has 1 aromatic rings. The second-order valence-electron chi connectivity index (χ2n) is 18.2. The van der Waals surface area contributed by atoms with Crippen LogP contribution < -0.4 is 65.5 Å². The maximum atomic E-state index is 14.0. The lowest BCUT2D eigenvalue weighted by atomic mass is 9.96.